The van der Waals surface area contributed by atoms with Crippen molar-refractivity contribution in [1.82, 2.24) is 10.9 Å². The molecule has 4 fully saturated rings. The van der Waals surface area contributed by atoms with Crippen LogP contribution >= 0.6 is 0 Å². The van der Waals surface area contributed by atoms with Gasteiger partial charge in [-0.05, 0) is 80.8 Å². The summed E-state index contributed by atoms with van der Waals surface area (Å²) in [5.41, 5.74) is 6.54. The van der Waals surface area contributed by atoms with Crippen LogP contribution in [-0.2, 0) is 4.79 Å². The number of rotatable bonds is 5. The summed E-state index contributed by atoms with van der Waals surface area (Å²) in [7, 11) is 3.10. The van der Waals surface area contributed by atoms with E-state index in [9.17, 15) is 9.59 Å². The maximum absolute atomic E-state index is 12.6. The summed E-state index contributed by atoms with van der Waals surface area (Å²) >= 11 is 0. The van der Waals surface area contributed by atoms with Gasteiger partial charge in [0.15, 0.2) is 0 Å². The highest BCUT2D eigenvalue weighted by Gasteiger charge is 2.51. The van der Waals surface area contributed by atoms with Crippen LogP contribution in [0.15, 0.2) is 12.1 Å². The molecule has 0 saturated heterocycles. The van der Waals surface area contributed by atoms with E-state index in [1.165, 1.54) is 38.5 Å². The van der Waals surface area contributed by atoms with Crippen LogP contribution in [0.1, 0.15) is 60.9 Å². The fourth-order valence-electron chi connectivity index (χ4n) is 6.31. The Balaban J connectivity index is 1.37. The van der Waals surface area contributed by atoms with E-state index in [1.54, 1.807) is 26.4 Å². The predicted molar refractivity (Wildman–Crippen MR) is 105 cm³/mol. The SMILES string of the molecule is COc1cc(C(=O)NNC(=O)CC23CC4CC(CC(C4)C2)C3)cc(OC)c1C. The van der Waals surface area contributed by atoms with Crippen molar-refractivity contribution in [2.24, 2.45) is 23.2 Å². The van der Waals surface area contributed by atoms with Crippen LogP contribution in [0, 0.1) is 30.1 Å². The Labute approximate surface area is 166 Å². The molecule has 28 heavy (non-hydrogen) atoms. The summed E-state index contributed by atoms with van der Waals surface area (Å²) in [5.74, 6) is 3.09. The van der Waals surface area contributed by atoms with E-state index < -0.39 is 0 Å². The van der Waals surface area contributed by atoms with Crippen molar-refractivity contribution >= 4 is 11.8 Å². The summed E-state index contributed by atoms with van der Waals surface area (Å²) in [6, 6.07) is 3.30. The van der Waals surface area contributed by atoms with Crippen molar-refractivity contribution in [3.63, 3.8) is 0 Å². The van der Waals surface area contributed by atoms with Gasteiger partial charge in [-0.1, -0.05) is 0 Å². The summed E-state index contributed by atoms with van der Waals surface area (Å²) in [6.45, 7) is 1.87. The molecule has 4 aliphatic rings. The smallest absolute Gasteiger partial charge is 0.269 e. The number of hydrazine groups is 1. The molecule has 0 heterocycles. The highest BCUT2D eigenvalue weighted by atomic mass is 16.5. The molecule has 4 saturated carbocycles. The minimum Gasteiger partial charge on any atom is -0.496 e. The molecule has 152 valence electrons. The van der Waals surface area contributed by atoms with E-state index >= 15 is 0 Å². The molecule has 0 spiro atoms. The fourth-order valence-corrected chi connectivity index (χ4v) is 6.31. The maximum atomic E-state index is 12.6. The number of benzene rings is 1. The molecular formula is C22H30N2O4. The number of carbonyl (C=O) groups excluding carboxylic acids is 2. The number of hydrogen-bond acceptors (Lipinski definition) is 4. The van der Waals surface area contributed by atoms with Gasteiger partial charge in [0.1, 0.15) is 11.5 Å². The van der Waals surface area contributed by atoms with Gasteiger partial charge in [0, 0.05) is 17.5 Å². The molecule has 4 aliphatic carbocycles. The lowest BCUT2D eigenvalue weighted by atomic mass is 9.49. The van der Waals surface area contributed by atoms with Gasteiger partial charge < -0.3 is 9.47 Å². The standard InChI is InChI=1S/C22H30N2O4/c1-13-18(27-2)7-17(8-19(13)28-3)21(26)24-23-20(25)12-22-9-14-4-15(10-22)6-16(5-14)11-22/h7-8,14-16H,4-6,9-12H2,1-3H3,(H,23,25)(H,24,26). The van der Waals surface area contributed by atoms with Crippen LogP contribution in [0.2, 0.25) is 0 Å². The highest BCUT2D eigenvalue weighted by Crippen LogP contribution is 2.61. The largest absolute Gasteiger partial charge is 0.496 e. The Hall–Kier alpha value is -2.24. The molecule has 0 atom stereocenters. The summed E-state index contributed by atoms with van der Waals surface area (Å²) < 4.78 is 10.6. The van der Waals surface area contributed by atoms with Crippen LogP contribution in [0.4, 0.5) is 0 Å². The molecule has 4 bridgehead atoms. The Morgan fingerprint density at radius 3 is 1.93 bits per heavy atom. The number of carbonyl (C=O) groups is 2. The second-order valence-corrected chi connectivity index (χ2v) is 9.10. The zero-order chi connectivity index (χ0) is 19.9. The van der Waals surface area contributed by atoms with E-state index in [4.69, 9.17) is 9.47 Å². The monoisotopic (exact) mass is 386 g/mol. The lowest BCUT2D eigenvalue weighted by Crippen LogP contribution is -2.50. The maximum Gasteiger partial charge on any atom is 0.269 e. The first kappa shape index (κ1) is 19.1. The lowest BCUT2D eigenvalue weighted by Gasteiger charge is -2.56. The Kier molecular flexibility index (Phi) is 4.98. The number of nitrogens with one attached hydrogen (secondary N) is 2. The summed E-state index contributed by atoms with van der Waals surface area (Å²) in [5, 5.41) is 0. The predicted octanol–water partition coefficient (Wildman–Crippen LogP) is 3.38. The summed E-state index contributed by atoms with van der Waals surface area (Å²) in [4.78, 5) is 25.1. The minimum atomic E-state index is -0.379. The van der Waals surface area contributed by atoms with Crippen LogP contribution in [0.3, 0.4) is 0 Å². The van der Waals surface area contributed by atoms with Crippen molar-refractivity contribution in [2.75, 3.05) is 14.2 Å². The molecule has 0 aromatic heterocycles. The molecule has 6 nitrogen and oxygen atoms in total. The van der Waals surface area contributed by atoms with Crippen molar-refractivity contribution in [2.45, 2.75) is 51.9 Å². The zero-order valence-electron chi connectivity index (χ0n) is 17.0. The Morgan fingerprint density at radius 1 is 0.964 bits per heavy atom. The molecule has 2 amide bonds. The van der Waals surface area contributed by atoms with Gasteiger partial charge in [-0.25, -0.2) is 0 Å². The highest BCUT2D eigenvalue weighted by molar-refractivity contribution is 5.96. The van der Waals surface area contributed by atoms with E-state index in [0.717, 1.165) is 23.3 Å². The molecule has 5 rings (SSSR count). The minimum absolute atomic E-state index is 0.0960. The molecule has 6 heteroatoms. The van der Waals surface area contributed by atoms with Gasteiger partial charge in [0.2, 0.25) is 5.91 Å². The first-order chi connectivity index (χ1) is 13.4. The first-order valence-corrected chi connectivity index (χ1v) is 10.2. The first-order valence-electron chi connectivity index (χ1n) is 10.2. The zero-order valence-corrected chi connectivity index (χ0v) is 17.0. The second-order valence-electron chi connectivity index (χ2n) is 9.10. The molecule has 0 radical (unpaired) electrons. The van der Waals surface area contributed by atoms with Crippen molar-refractivity contribution in [3.8, 4) is 11.5 Å². The normalized spacial score (nSPS) is 30.0. The fraction of sp³-hybridized carbons (Fsp3) is 0.636. The van der Waals surface area contributed by atoms with Gasteiger partial charge in [-0.2, -0.15) is 0 Å². The van der Waals surface area contributed by atoms with Gasteiger partial charge in [0.05, 0.1) is 14.2 Å². The van der Waals surface area contributed by atoms with Gasteiger partial charge in [-0.15, -0.1) is 0 Å². The third-order valence-corrected chi connectivity index (χ3v) is 7.03. The molecule has 2 N–H and O–H groups in total. The second kappa shape index (κ2) is 7.30. The molecule has 1 aromatic rings. The molecule has 0 unspecified atom stereocenters. The quantitative estimate of drug-likeness (QED) is 0.761. The van der Waals surface area contributed by atoms with E-state index in [2.05, 4.69) is 10.9 Å². The number of ether oxygens (including phenoxy) is 2. The van der Waals surface area contributed by atoms with Crippen molar-refractivity contribution < 1.29 is 19.1 Å². The number of methoxy groups -OCH3 is 2. The van der Waals surface area contributed by atoms with Crippen LogP contribution in [-0.4, -0.2) is 26.0 Å². The van der Waals surface area contributed by atoms with Crippen molar-refractivity contribution in [3.05, 3.63) is 23.3 Å². The van der Waals surface area contributed by atoms with Gasteiger partial charge >= 0.3 is 0 Å². The van der Waals surface area contributed by atoms with Crippen LogP contribution in [0.5, 0.6) is 11.5 Å². The Morgan fingerprint density at radius 2 is 1.46 bits per heavy atom. The van der Waals surface area contributed by atoms with Gasteiger partial charge in [-0.3, -0.25) is 20.4 Å². The average molecular weight is 386 g/mol. The number of amides is 2. The average Bonchev–Trinajstić information content (AvgIpc) is 2.64. The van der Waals surface area contributed by atoms with Crippen LogP contribution < -0.4 is 20.3 Å². The van der Waals surface area contributed by atoms with E-state index in [0.29, 0.717) is 23.5 Å². The van der Waals surface area contributed by atoms with Gasteiger partial charge in [0.25, 0.3) is 5.91 Å². The number of hydrogen-bond donors (Lipinski definition) is 2. The molecular weight excluding hydrogens is 356 g/mol. The third-order valence-electron chi connectivity index (χ3n) is 7.03. The topological polar surface area (TPSA) is 76.7 Å². The Bertz CT molecular complexity index is 728. The molecule has 0 aliphatic heterocycles. The summed E-state index contributed by atoms with van der Waals surface area (Å²) in [6.07, 6.45) is 8.10. The third kappa shape index (κ3) is 3.56. The van der Waals surface area contributed by atoms with Crippen molar-refractivity contribution in [1.29, 1.82) is 0 Å². The molecule has 1 aromatic carbocycles. The van der Waals surface area contributed by atoms with Crippen LogP contribution in [0.25, 0.3) is 0 Å². The van der Waals surface area contributed by atoms with E-state index in [1.807, 2.05) is 6.92 Å². The van der Waals surface area contributed by atoms with E-state index in [-0.39, 0.29) is 17.2 Å². The lowest BCUT2D eigenvalue weighted by molar-refractivity contribution is -0.130.